The van der Waals surface area contributed by atoms with Crippen LogP contribution in [-0.2, 0) is 9.84 Å². The van der Waals surface area contributed by atoms with E-state index in [1.807, 2.05) is 0 Å². The molecule has 6 heteroatoms. The molecule has 0 aliphatic carbocycles. The number of nitrogens with zero attached hydrogens (tertiary/aromatic N) is 1. The zero-order valence-electron chi connectivity index (χ0n) is 9.60. The molecule has 0 aliphatic rings. The predicted octanol–water partition coefficient (Wildman–Crippen LogP) is 0.395. The normalized spacial score (nSPS) is 13.4. The van der Waals surface area contributed by atoms with Gasteiger partial charge in [0.25, 0.3) is 0 Å². The van der Waals surface area contributed by atoms with Gasteiger partial charge in [0.2, 0.25) is 0 Å². The van der Waals surface area contributed by atoms with E-state index in [1.165, 1.54) is 13.4 Å². The standard InChI is InChI=1S/C10H16N2O3S/c1-11-8(7-16(3,13)14)10-9(15-2)5-4-6-12-10/h4-6,8,11H,7H2,1-3H3. The van der Waals surface area contributed by atoms with Crippen LogP contribution in [0.5, 0.6) is 5.75 Å². The molecule has 1 atom stereocenters. The van der Waals surface area contributed by atoms with Gasteiger partial charge in [-0.25, -0.2) is 8.42 Å². The molecule has 0 saturated heterocycles. The Morgan fingerprint density at radius 2 is 2.25 bits per heavy atom. The summed E-state index contributed by atoms with van der Waals surface area (Å²) in [6.07, 6.45) is 2.82. The van der Waals surface area contributed by atoms with E-state index < -0.39 is 9.84 Å². The Morgan fingerprint density at radius 3 is 2.75 bits per heavy atom. The van der Waals surface area contributed by atoms with Crippen molar-refractivity contribution in [1.82, 2.24) is 10.3 Å². The summed E-state index contributed by atoms with van der Waals surface area (Å²) in [6.45, 7) is 0. The number of sulfone groups is 1. The van der Waals surface area contributed by atoms with E-state index in [0.717, 1.165) is 0 Å². The minimum absolute atomic E-state index is 0.00310. The van der Waals surface area contributed by atoms with Crippen LogP contribution in [0.2, 0.25) is 0 Å². The van der Waals surface area contributed by atoms with Gasteiger partial charge in [0, 0.05) is 12.5 Å². The van der Waals surface area contributed by atoms with E-state index >= 15 is 0 Å². The minimum Gasteiger partial charge on any atom is -0.495 e. The molecule has 1 N–H and O–H groups in total. The van der Waals surface area contributed by atoms with Gasteiger partial charge in [0.05, 0.1) is 18.9 Å². The van der Waals surface area contributed by atoms with Gasteiger partial charge >= 0.3 is 0 Å². The van der Waals surface area contributed by atoms with Gasteiger partial charge in [-0.3, -0.25) is 4.98 Å². The maximum atomic E-state index is 11.3. The summed E-state index contributed by atoms with van der Waals surface area (Å²) in [7, 11) is 0.167. The highest BCUT2D eigenvalue weighted by Crippen LogP contribution is 2.22. The number of ether oxygens (including phenoxy) is 1. The lowest BCUT2D eigenvalue weighted by Gasteiger charge is -2.16. The topological polar surface area (TPSA) is 68.3 Å². The lowest BCUT2D eigenvalue weighted by Crippen LogP contribution is -2.26. The van der Waals surface area contributed by atoms with Crippen molar-refractivity contribution in [3.05, 3.63) is 24.0 Å². The molecule has 1 unspecified atom stereocenters. The molecule has 0 amide bonds. The van der Waals surface area contributed by atoms with Crippen LogP contribution in [0.4, 0.5) is 0 Å². The van der Waals surface area contributed by atoms with Crippen molar-refractivity contribution in [3.63, 3.8) is 0 Å². The van der Waals surface area contributed by atoms with E-state index in [2.05, 4.69) is 10.3 Å². The first-order chi connectivity index (χ1) is 7.48. The largest absolute Gasteiger partial charge is 0.495 e. The highest BCUT2D eigenvalue weighted by Gasteiger charge is 2.20. The van der Waals surface area contributed by atoms with Crippen LogP contribution in [0.1, 0.15) is 11.7 Å². The second-order valence-electron chi connectivity index (χ2n) is 3.52. The van der Waals surface area contributed by atoms with Crippen LogP contribution in [0.3, 0.4) is 0 Å². The molecular weight excluding hydrogens is 228 g/mol. The van der Waals surface area contributed by atoms with Gasteiger partial charge < -0.3 is 10.1 Å². The third kappa shape index (κ3) is 3.46. The lowest BCUT2D eigenvalue weighted by molar-refractivity contribution is 0.400. The quantitative estimate of drug-likeness (QED) is 0.811. The van der Waals surface area contributed by atoms with Gasteiger partial charge in [-0.2, -0.15) is 0 Å². The third-order valence-electron chi connectivity index (χ3n) is 2.17. The Kier molecular flexibility index (Phi) is 4.26. The van der Waals surface area contributed by atoms with Crippen LogP contribution < -0.4 is 10.1 Å². The molecule has 5 nitrogen and oxygen atoms in total. The molecule has 0 aliphatic heterocycles. The summed E-state index contributed by atoms with van der Waals surface area (Å²) >= 11 is 0. The van der Waals surface area contributed by atoms with Crippen LogP contribution in [0.25, 0.3) is 0 Å². The average Bonchev–Trinajstić information content (AvgIpc) is 2.24. The van der Waals surface area contributed by atoms with Crippen LogP contribution in [0, 0.1) is 0 Å². The van der Waals surface area contributed by atoms with Gasteiger partial charge in [0.1, 0.15) is 21.3 Å². The number of pyridine rings is 1. The molecule has 1 aromatic rings. The number of hydrogen-bond acceptors (Lipinski definition) is 5. The second-order valence-corrected chi connectivity index (χ2v) is 5.71. The number of methoxy groups -OCH3 is 1. The molecule has 90 valence electrons. The van der Waals surface area contributed by atoms with Gasteiger partial charge in [0.15, 0.2) is 0 Å². The van der Waals surface area contributed by atoms with Crippen molar-refractivity contribution in [2.45, 2.75) is 6.04 Å². The molecule has 0 radical (unpaired) electrons. The first kappa shape index (κ1) is 12.9. The molecule has 0 fully saturated rings. The Labute approximate surface area is 95.8 Å². The van der Waals surface area contributed by atoms with Crippen molar-refractivity contribution in [2.24, 2.45) is 0 Å². The average molecular weight is 244 g/mol. The molecule has 0 saturated carbocycles. The predicted molar refractivity (Wildman–Crippen MR) is 62.3 cm³/mol. The Bertz CT molecular complexity index is 445. The van der Waals surface area contributed by atoms with Crippen molar-refractivity contribution in [2.75, 3.05) is 26.2 Å². The monoisotopic (exact) mass is 244 g/mol. The highest BCUT2D eigenvalue weighted by atomic mass is 32.2. The molecule has 1 aromatic heterocycles. The number of aromatic nitrogens is 1. The van der Waals surface area contributed by atoms with E-state index in [4.69, 9.17) is 4.74 Å². The summed E-state index contributed by atoms with van der Waals surface area (Å²) < 4.78 is 27.7. The maximum absolute atomic E-state index is 11.3. The van der Waals surface area contributed by atoms with Crippen molar-refractivity contribution in [1.29, 1.82) is 0 Å². The fourth-order valence-electron chi connectivity index (χ4n) is 1.44. The maximum Gasteiger partial charge on any atom is 0.149 e. The third-order valence-corrected chi connectivity index (χ3v) is 3.11. The first-order valence-corrected chi connectivity index (χ1v) is 6.88. The summed E-state index contributed by atoms with van der Waals surface area (Å²) in [6, 6.07) is 3.15. The smallest absolute Gasteiger partial charge is 0.149 e. The van der Waals surface area contributed by atoms with Crippen molar-refractivity contribution >= 4 is 9.84 Å². The number of nitrogens with one attached hydrogen (secondary N) is 1. The van der Waals surface area contributed by atoms with Crippen LogP contribution >= 0.6 is 0 Å². The SMILES string of the molecule is CNC(CS(C)(=O)=O)c1ncccc1OC. The number of rotatable bonds is 5. The van der Waals surface area contributed by atoms with Gasteiger partial charge in [-0.1, -0.05) is 0 Å². The van der Waals surface area contributed by atoms with Crippen LogP contribution in [-0.4, -0.2) is 39.6 Å². The molecule has 1 heterocycles. The Balaban J connectivity index is 3.03. The Morgan fingerprint density at radius 1 is 1.56 bits per heavy atom. The summed E-state index contributed by atoms with van der Waals surface area (Å²) in [5.74, 6) is 0.585. The lowest BCUT2D eigenvalue weighted by atomic mass is 10.2. The molecule has 1 rings (SSSR count). The zero-order valence-corrected chi connectivity index (χ0v) is 10.4. The van der Waals surface area contributed by atoms with Gasteiger partial charge in [-0.15, -0.1) is 0 Å². The second kappa shape index (κ2) is 5.27. The van der Waals surface area contributed by atoms with E-state index in [9.17, 15) is 8.42 Å². The highest BCUT2D eigenvalue weighted by molar-refractivity contribution is 7.90. The van der Waals surface area contributed by atoms with Gasteiger partial charge in [-0.05, 0) is 19.2 Å². The molecule has 0 bridgehead atoms. The van der Waals surface area contributed by atoms with E-state index in [1.54, 1.807) is 25.4 Å². The molecule has 16 heavy (non-hydrogen) atoms. The fourth-order valence-corrected chi connectivity index (χ4v) is 2.37. The van der Waals surface area contributed by atoms with Crippen LogP contribution in [0.15, 0.2) is 18.3 Å². The van der Waals surface area contributed by atoms with Crippen molar-refractivity contribution < 1.29 is 13.2 Å². The van der Waals surface area contributed by atoms with E-state index in [-0.39, 0.29) is 11.8 Å². The summed E-state index contributed by atoms with van der Waals surface area (Å²) in [5.41, 5.74) is 0.609. The van der Waals surface area contributed by atoms with Crippen molar-refractivity contribution in [3.8, 4) is 5.75 Å². The molecular formula is C10H16N2O3S. The zero-order chi connectivity index (χ0) is 12.2. The Hall–Kier alpha value is -1.14. The number of hydrogen-bond donors (Lipinski definition) is 1. The minimum atomic E-state index is -3.07. The summed E-state index contributed by atoms with van der Waals surface area (Å²) in [5, 5.41) is 2.93. The van der Waals surface area contributed by atoms with E-state index in [0.29, 0.717) is 11.4 Å². The molecule has 0 aromatic carbocycles. The fraction of sp³-hybridized carbons (Fsp3) is 0.500. The molecule has 0 spiro atoms. The summed E-state index contributed by atoms with van der Waals surface area (Å²) in [4.78, 5) is 4.15. The first-order valence-electron chi connectivity index (χ1n) is 4.82.